The van der Waals surface area contributed by atoms with E-state index in [0.717, 1.165) is 32.1 Å². The van der Waals surface area contributed by atoms with E-state index >= 15 is 0 Å². The quantitative estimate of drug-likeness (QED) is 0.454. The average Bonchev–Trinajstić information content (AvgIpc) is 2.57. The Bertz CT molecular complexity index is 717. The molecule has 25 heavy (non-hydrogen) atoms. The van der Waals surface area contributed by atoms with Gasteiger partial charge in [-0.3, -0.25) is 9.59 Å². The smallest absolute Gasteiger partial charge is 0.233 e. The number of Topliss-reactive ketones (excluding diaryl/α,β-unsaturated/α-hetero) is 1. The minimum absolute atomic E-state index is 0.0446. The van der Waals surface area contributed by atoms with Crippen molar-refractivity contribution in [1.82, 2.24) is 5.32 Å². The third-order valence-electron chi connectivity index (χ3n) is 7.42. The van der Waals surface area contributed by atoms with E-state index in [1.807, 2.05) is 0 Å². The van der Waals surface area contributed by atoms with Gasteiger partial charge >= 0.3 is 0 Å². The highest BCUT2D eigenvalue weighted by molar-refractivity contribution is 6.48. The second-order valence-electron chi connectivity index (χ2n) is 8.41. The van der Waals surface area contributed by atoms with Gasteiger partial charge in [0.05, 0.1) is 11.3 Å². The van der Waals surface area contributed by atoms with Gasteiger partial charge in [0.15, 0.2) is 0 Å². The Hall–Kier alpha value is -1.84. The summed E-state index contributed by atoms with van der Waals surface area (Å²) >= 11 is 0. The number of hydrogen-bond donors (Lipinski definition) is 2. The molecular formula is C21H29NO3. The molecular weight excluding hydrogens is 314 g/mol. The molecule has 0 aromatic heterocycles. The third-order valence-corrected chi connectivity index (χ3v) is 7.42. The number of carbonyl (C=O) groups is 2. The predicted octanol–water partition coefficient (Wildman–Crippen LogP) is 3.85. The number of aliphatic hydroxyl groups excluding tert-OH is 1. The summed E-state index contributed by atoms with van der Waals surface area (Å²) < 4.78 is 0. The van der Waals surface area contributed by atoms with Gasteiger partial charge in [-0.25, -0.2) is 0 Å². The van der Waals surface area contributed by atoms with E-state index in [-0.39, 0.29) is 23.0 Å². The van der Waals surface area contributed by atoms with Crippen LogP contribution in [0.25, 0.3) is 0 Å². The number of hydrogen-bond acceptors (Lipinski definition) is 4. The fourth-order valence-electron chi connectivity index (χ4n) is 5.58. The Kier molecular flexibility index (Phi) is 4.21. The maximum Gasteiger partial charge on any atom is 0.233 e. The normalized spacial score (nSPS) is 39.2. The van der Waals surface area contributed by atoms with Crippen molar-refractivity contribution in [3.05, 3.63) is 35.3 Å². The van der Waals surface area contributed by atoms with Crippen molar-refractivity contribution in [3.8, 4) is 0 Å². The van der Waals surface area contributed by atoms with Gasteiger partial charge in [-0.05, 0) is 49.4 Å². The molecule has 0 aromatic rings. The molecule has 0 radical (unpaired) electrons. The lowest BCUT2D eigenvalue weighted by Gasteiger charge is -2.59. The van der Waals surface area contributed by atoms with Gasteiger partial charge in [0.2, 0.25) is 11.6 Å². The van der Waals surface area contributed by atoms with Crippen LogP contribution in [-0.4, -0.2) is 23.7 Å². The van der Waals surface area contributed by atoms with Crippen LogP contribution in [0, 0.1) is 22.7 Å². The van der Waals surface area contributed by atoms with Crippen molar-refractivity contribution in [2.24, 2.45) is 22.7 Å². The SMILES string of the molecule is C=C1CCC[C@H]2[C@](C)(C3=C(O)C(NC)=CC(=O)C3=O)[C@@H](C)CC[C@]12C. The molecule has 2 saturated carbocycles. The summed E-state index contributed by atoms with van der Waals surface area (Å²) in [7, 11) is 1.65. The molecule has 3 rings (SSSR count). The molecule has 0 saturated heterocycles. The molecule has 0 unspecified atom stereocenters. The summed E-state index contributed by atoms with van der Waals surface area (Å²) in [6.07, 6.45) is 6.28. The van der Waals surface area contributed by atoms with Crippen LogP contribution >= 0.6 is 0 Å². The molecule has 0 amide bonds. The zero-order valence-electron chi connectivity index (χ0n) is 15.7. The first-order chi connectivity index (χ1) is 11.7. The fourth-order valence-corrected chi connectivity index (χ4v) is 5.58. The monoisotopic (exact) mass is 343 g/mol. The molecule has 0 aliphatic heterocycles. The first-order valence-electron chi connectivity index (χ1n) is 9.28. The van der Waals surface area contributed by atoms with E-state index in [0.29, 0.717) is 11.3 Å². The van der Waals surface area contributed by atoms with Crippen LogP contribution in [0.5, 0.6) is 0 Å². The van der Waals surface area contributed by atoms with Crippen molar-refractivity contribution < 1.29 is 14.7 Å². The average molecular weight is 343 g/mol. The zero-order valence-corrected chi connectivity index (χ0v) is 15.7. The minimum atomic E-state index is -0.550. The number of fused-ring (bicyclic) bond motifs is 1. The van der Waals surface area contributed by atoms with Gasteiger partial charge < -0.3 is 10.4 Å². The topological polar surface area (TPSA) is 66.4 Å². The van der Waals surface area contributed by atoms with Crippen molar-refractivity contribution in [3.63, 3.8) is 0 Å². The highest BCUT2D eigenvalue weighted by Gasteiger charge is 2.58. The van der Waals surface area contributed by atoms with Crippen molar-refractivity contribution >= 4 is 11.6 Å². The van der Waals surface area contributed by atoms with Gasteiger partial charge in [-0.2, -0.15) is 0 Å². The van der Waals surface area contributed by atoms with E-state index in [1.54, 1.807) is 7.05 Å². The molecule has 0 aromatic carbocycles. The van der Waals surface area contributed by atoms with Crippen LogP contribution in [0.2, 0.25) is 0 Å². The summed E-state index contributed by atoms with van der Waals surface area (Å²) in [5.41, 5.74) is 1.32. The first kappa shape index (κ1) is 18.0. The van der Waals surface area contributed by atoms with Crippen LogP contribution < -0.4 is 5.32 Å². The number of aliphatic hydroxyl groups is 1. The van der Waals surface area contributed by atoms with Crippen LogP contribution in [0.15, 0.2) is 35.3 Å². The van der Waals surface area contributed by atoms with E-state index in [9.17, 15) is 14.7 Å². The molecule has 3 aliphatic rings. The molecule has 2 fully saturated rings. The molecule has 0 spiro atoms. The Morgan fingerprint density at radius 3 is 2.60 bits per heavy atom. The predicted molar refractivity (Wildman–Crippen MR) is 97.9 cm³/mol. The zero-order chi connectivity index (χ0) is 18.6. The number of ketones is 2. The van der Waals surface area contributed by atoms with Gasteiger partial charge in [0.25, 0.3) is 0 Å². The highest BCUT2D eigenvalue weighted by atomic mass is 16.3. The molecule has 0 heterocycles. The maximum absolute atomic E-state index is 12.8. The van der Waals surface area contributed by atoms with Crippen molar-refractivity contribution in [1.29, 1.82) is 0 Å². The molecule has 4 heteroatoms. The maximum atomic E-state index is 12.8. The lowest BCUT2D eigenvalue weighted by molar-refractivity contribution is -0.134. The van der Waals surface area contributed by atoms with Gasteiger partial charge in [-0.1, -0.05) is 32.9 Å². The molecule has 2 N–H and O–H groups in total. The third kappa shape index (κ3) is 2.33. The number of likely N-dealkylation sites (N-methyl/N-ethyl adjacent to an activating group) is 1. The minimum Gasteiger partial charge on any atom is -0.505 e. The summed E-state index contributed by atoms with van der Waals surface area (Å²) in [6, 6.07) is 0. The standard InChI is InChI=1S/C21H29NO3/c1-12-7-6-8-16-20(12,3)10-9-13(2)21(16,4)17-18(24)14(22-5)11-15(23)19(17)25/h11,13,16,22,24H,1,6-10H2,2-5H3/t13-,16+,20+,21+/m0/s1. The Morgan fingerprint density at radius 2 is 1.96 bits per heavy atom. The second-order valence-corrected chi connectivity index (χ2v) is 8.41. The summed E-state index contributed by atoms with van der Waals surface area (Å²) in [5.74, 6) is -0.739. The van der Waals surface area contributed by atoms with Gasteiger partial charge in [0, 0.05) is 18.5 Å². The summed E-state index contributed by atoms with van der Waals surface area (Å²) in [6.45, 7) is 10.8. The van der Waals surface area contributed by atoms with Crippen molar-refractivity contribution in [2.45, 2.75) is 52.9 Å². The summed E-state index contributed by atoms with van der Waals surface area (Å²) in [4.78, 5) is 25.1. The second kappa shape index (κ2) is 5.86. The van der Waals surface area contributed by atoms with E-state index < -0.39 is 17.0 Å². The first-order valence-corrected chi connectivity index (χ1v) is 9.28. The fraction of sp³-hybridized carbons (Fsp3) is 0.619. The van der Waals surface area contributed by atoms with E-state index in [1.165, 1.54) is 11.6 Å². The molecule has 4 nitrogen and oxygen atoms in total. The molecule has 136 valence electrons. The van der Waals surface area contributed by atoms with Crippen LogP contribution in [-0.2, 0) is 9.59 Å². The molecule has 4 atom stereocenters. The van der Waals surface area contributed by atoms with E-state index in [4.69, 9.17) is 0 Å². The Balaban J connectivity index is 2.21. The number of allylic oxidation sites excluding steroid dienone is 3. The lowest BCUT2D eigenvalue weighted by Crippen LogP contribution is -2.53. The van der Waals surface area contributed by atoms with Gasteiger partial charge in [-0.15, -0.1) is 0 Å². The Labute approximate surface area is 150 Å². The van der Waals surface area contributed by atoms with Gasteiger partial charge in [0.1, 0.15) is 5.76 Å². The number of carbonyl (C=O) groups excluding carboxylic acids is 2. The Morgan fingerprint density at radius 1 is 1.28 bits per heavy atom. The highest BCUT2D eigenvalue weighted by Crippen LogP contribution is 2.64. The number of nitrogens with one attached hydrogen (secondary N) is 1. The van der Waals surface area contributed by atoms with E-state index in [2.05, 4.69) is 32.7 Å². The lowest BCUT2D eigenvalue weighted by atomic mass is 9.44. The van der Waals surface area contributed by atoms with Crippen molar-refractivity contribution in [2.75, 3.05) is 7.05 Å². The van der Waals surface area contributed by atoms with Crippen LogP contribution in [0.4, 0.5) is 0 Å². The largest absolute Gasteiger partial charge is 0.505 e. The molecule has 0 bridgehead atoms. The van der Waals surface area contributed by atoms with Crippen LogP contribution in [0.1, 0.15) is 52.9 Å². The van der Waals surface area contributed by atoms with Crippen LogP contribution in [0.3, 0.4) is 0 Å². The number of rotatable bonds is 2. The molecule has 3 aliphatic carbocycles. The summed E-state index contributed by atoms with van der Waals surface area (Å²) in [5, 5.41) is 13.7.